The molecule has 0 radical (unpaired) electrons. The summed E-state index contributed by atoms with van der Waals surface area (Å²) in [6, 6.07) is 1.89. The Kier molecular flexibility index (Phi) is 4.07. The van der Waals surface area contributed by atoms with Gasteiger partial charge < -0.3 is 5.32 Å². The van der Waals surface area contributed by atoms with Crippen molar-refractivity contribution in [2.24, 2.45) is 0 Å². The van der Waals surface area contributed by atoms with Gasteiger partial charge in [0.05, 0.1) is 11.4 Å². The number of aryl methyl sites for hydroxylation is 2. The Hall–Kier alpha value is -0.900. The second-order valence-corrected chi connectivity index (χ2v) is 3.87. The average Bonchev–Trinajstić information content (AvgIpc) is 2.12. The van der Waals surface area contributed by atoms with E-state index in [9.17, 15) is 4.79 Å². The van der Waals surface area contributed by atoms with Crippen LogP contribution in [-0.2, 0) is 4.79 Å². The van der Waals surface area contributed by atoms with E-state index < -0.39 is 0 Å². The summed E-state index contributed by atoms with van der Waals surface area (Å²) in [7, 11) is 0. The number of carbonyl (C=O) groups excluding carboxylic acids is 1. The number of hydrogen-bond donors (Lipinski definition) is 1. The fraction of sp³-hybridized carbons (Fsp3) is 0.400. The first kappa shape index (κ1) is 11.2. The third-order valence-corrected chi connectivity index (χ3v) is 2.33. The van der Waals surface area contributed by atoms with E-state index in [0.29, 0.717) is 11.8 Å². The molecular weight excluding hydrogens is 244 g/mol. The van der Waals surface area contributed by atoms with Crippen LogP contribution in [0, 0.1) is 13.8 Å². The van der Waals surface area contributed by atoms with Crippen LogP contribution < -0.4 is 5.32 Å². The number of nitrogens with zero attached hydrogens (tertiary/aromatic N) is 1. The van der Waals surface area contributed by atoms with E-state index in [2.05, 4.69) is 26.2 Å². The number of alkyl halides is 1. The Morgan fingerprint density at radius 1 is 1.57 bits per heavy atom. The lowest BCUT2D eigenvalue weighted by atomic mass is 10.2. The quantitative estimate of drug-likeness (QED) is 0.845. The van der Waals surface area contributed by atoms with Crippen LogP contribution in [0.25, 0.3) is 0 Å². The molecule has 4 heteroatoms. The minimum absolute atomic E-state index is 0.0149. The van der Waals surface area contributed by atoms with E-state index in [-0.39, 0.29) is 5.91 Å². The smallest absolute Gasteiger partial charge is 0.225 e. The molecular formula is C10H13BrN2O. The molecule has 0 aliphatic carbocycles. The minimum Gasteiger partial charge on any atom is -0.324 e. The molecule has 0 atom stereocenters. The predicted octanol–water partition coefficient (Wildman–Crippen LogP) is 2.42. The monoisotopic (exact) mass is 256 g/mol. The highest BCUT2D eigenvalue weighted by molar-refractivity contribution is 9.09. The molecule has 0 saturated carbocycles. The lowest BCUT2D eigenvalue weighted by molar-refractivity contribution is -0.115. The third kappa shape index (κ3) is 2.80. The largest absolute Gasteiger partial charge is 0.324 e. The summed E-state index contributed by atoms with van der Waals surface area (Å²) in [4.78, 5) is 15.5. The van der Waals surface area contributed by atoms with E-state index in [1.165, 1.54) is 0 Å². The molecule has 1 aromatic heterocycles. The molecule has 76 valence electrons. The first-order valence-electron chi connectivity index (χ1n) is 4.43. The predicted molar refractivity (Wildman–Crippen MR) is 60.8 cm³/mol. The Morgan fingerprint density at radius 2 is 2.29 bits per heavy atom. The first-order valence-corrected chi connectivity index (χ1v) is 5.55. The van der Waals surface area contributed by atoms with Gasteiger partial charge in [0.15, 0.2) is 0 Å². The van der Waals surface area contributed by atoms with Crippen molar-refractivity contribution in [1.29, 1.82) is 0 Å². The molecule has 1 amide bonds. The molecule has 0 spiro atoms. The highest BCUT2D eigenvalue weighted by Crippen LogP contribution is 2.17. The lowest BCUT2D eigenvalue weighted by Gasteiger charge is -2.09. The van der Waals surface area contributed by atoms with Gasteiger partial charge in [0.1, 0.15) is 0 Å². The van der Waals surface area contributed by atoms with Crippen molar-refractivity contribution in [2.45, 2.75) is 20.3 Å². The SMILES string of the molecule is Cc1ccnc(C)c1NC(=O)CCBr. The topological polar surface area (TPSA) is 42.0 Å². The van der Waals surface area contributed by atoms with Gasteiger partial charge in [0.25, 0.3) is 0 Å². The first-order chi connectivity index (χ1) is 6.65. The second kappa shape index (κ2) is 5.10. The molecule has 14 heavy (non-hydrogen) atoms. The number of nitrogens with one attached hydrogen (secondary N) is 1. The normalized spacial score (nSPS) is 9.93. The molecule has 1 N–H and O–H groups in total. The molecule has 0 unspecified atom stereocenters. The van der Waals surface area contributed by atoms with Crippen molar-refractivity contribution in [3.63, 3.8) is 0 Å². The van der Waals surface area contributed by atoms with Crippen LogP contribution in [0.4, 0.5) is 5.69 Å². The van der Waals surface area contributed by atoms with Gasteiger partial charge in [0, 0.05) is 17.9 Å². The number of aromatic nitrogens is 1. The van der Waals surface area contributed by atoms with Crippen molar-refractivity contribution in [1.82, 2.24) is 4.98 Å². The molecule has 1 aromatic rings. The van der Waals surface area contributed by atoms with Crippen LogP contribution in [0.5, 0.6) is 0 Å². The summed E-state index contributed by atoms with van der Waals surface area (Å²) in [5.74, 6) is 0.0149. The summed E-state index contributed by atoms with van der Waals surface area (Å²) in [6.07, 6.45) is 2.22. The highest BCUT2D eigenvalue weighted by Gasteiger charge is 2.06. The Bertz CT molecular complexity index is 319. The zero-order valence-corrected chi connectivity index (χ0v) is 9.89. The molecule has 0 fully saturated rings. The van der Waals surface area contributed by atoms with E-state index >= 15 is 0 Å². The van der Waals surface area contributed by atoms with Gasteiger partial charge in [-0.1, -0.05) is 15.9 Å². The Labute approximate surface area is 92.1 Å². The van der Waals surface area contributed by atoms with Crippen LogP contribution in [0.3, 0.4) is 0 Å². The molecule has 0 saturated heterocycles. The number of carbonyl (C=O) groups is 1. The molecule has 3 nitrogen and oxygen atoms in total. The van der Waals surface area contributed by atoms with Crippen LogP contribution in [0.1, 0.15) is 17.7 Å². The number of halogens is 1. The van der Waals surface area contributed by atoms with Gasteiger partial charge in [-0.3, -0.25) is 9.78 Å². The summed E-state index contributed by atoms with van der Waals surface area (Å²) in [5.41, 5.74) is 2.73. The van der Waals surface area contributed by atoms with Crippen molar-refractivity contribution < 1.29 is 4.79 Å². The Balaban J connectivity index is 2.80. The zero-order valence-electron chi connectivity index (χ0n) is 8.30. The molecule has 1 heterocycles. The summed E-state index contributed by atoms with van der Waals surface area (Å²) < 4.78 is 0. The van der Waals surface area contributed by atoms with Crippen LogP contribution >= 0.6 is 15.9 Å². The summed E-state index contributed by atoms with van der Waals surface area (Å²) in [6.45, 7) is 3.84. The minimum atomic E-state index is 0.0149. The van der Waals surface area contributed by atoms with E-state index in [1.807, 2.05) is 19.9 Å². The fourth-order valence-corrected chi connectivity index (χ4v) is 1.53. The van der Waals surface area contributed by atoms with E-state index in [1.54, 1.807) is 6.20 Å². The third-order valence-electron chi connectivity index (χ3n) is 1.93. The van der Waals surface area contributed by atoms with Gasteiger partial charge in [-0.05, 0) is 25.5 Å². The van der Waals surface area contributed by atoms with Crippen molar-refractivity contribution in [2.75, 3.05) is 10.6 Å². The van der Waals surface area contributed by atoms with Crippen LogP contribution in [0.2, 0.25) is 0 Å². The number of rotatable bonds is 3. The van der Waals surface area contributed by atoms with Gasteiger partial charge in [-0.25, -0.2) is 0 Å². The maximum Gasteiger partial charge on any atom is 0.225 e. The summed E-state index contributed by atoms with van der Waals surface area (Å²) >= 11 is 3.22. The van der Waals surface area contributed by atoms with Crippen molar-refractivity contribution in [3.05, 3.63) is 23.5 Å². The highest BCUT2D eigenvalue weighted by atomic mass is 79.9. The van der Waals surface area contributed by atoms with Crippen molar-refractivity contribution in [3.8, 4) is 0 Å². The van der Waals surface area contributed by atoms with Crippen LogP contribution in [0.15, 0.2) is 12.3 Å². The zero-order chi connectivity index (χ0) is 10.6. The number of pyridine rings is 1. The van der Waals surface area contributed by atoms with Gasteiger partial charge in [-0.2, -0.15) is 0 Å². The average molecular weight is 257 g/mol. The standard InChI is InChI=1S/C10H13BrN2O/c1-7-4-6-12-8(2)10(7)13-9(14)3-5-11/h4,6H,3,5H2,1-2H3,(H,13,14). The lowest BCUT2D eigenvalue weighted by Crippen LogP contribution is -2.14. The van der Waals surface area contributed by atoms with Gasteiger partial charge >= 0.3 is 0 Å². The van der Waals surface area contributed by atoms with Gasteiger partial charge in [0.2, 0.25) is 5.91 Å². The fourth-order valence-electron chi connectivity index (χ4n) is 1.17. The number of hydrogen-bond acceptors (Lipinski definition) is 2. The summed E-state index contributed by atoms with van der Waals surface area (Å²) in [5, 5.41) is 3.53. The maximum absolute atomic E-state index is 11.3. The van der Waals surface area contributed by atoms with Gasteiger partial charge in [-0.15, -0.1) is 0 Å². The molecule has 0 aliphatic rings. The van der Waals surface area contributed by atoms with E-state index in [0.717, 1.165) is 16.9 Å². The molecule has 0 bridgehead atoms. The number of anilines is 1. The molecule has 0 aromatic carbocycles. The Morgan fingerprint density at radius 3 is 2.86 bits per heavy atom. The molecule has 1 rings (SSSR count). The van der Waals surface area contributed by atoms with Crippen LogP contribution in [-0.4, -0.2) is 16.2 Å². The molecule has 0 aliphatic heterocycles. The van der Waals surface area contributed by atoms with E-state index in [4.69, 9.17) is 0 Å². The maximum atomic E-state index is 11.3. The number of amides is 1. The second-order valence-electron chi connectivity index (χ2n) is 3.08. The van der Waals surface area contributed by atoms with Crippen molar-refractivity contribution >= 4 is 27.5 Å².